The van der Waals surface area contributed by atoms with Crippen LogP contribution < -0.4 is 11.5 Å². The summed E-state index contributed by atoms with van der Waals surface area (Å²) in [6.45, 7) is 1.34. The molecule has 2 aromatic heterocycles. The van der Waals surface area contributed by atoms with Crippen LogP contribution in [0.4, 0.5) is 5.82 Å². The van der Waals surface area contributed by atoms with Gasteiger partial charge in [0.25, 0.3) is 5.91 Å². The molecule has 1 amide bonds. The molecule has 0 unspecified atom stereocenters. The first-order valence-corrected chi connectivity index (χ1v) is 9.78. The summed E-state index contributed by atoms with van der Waals surface area (Å²) in [6, 6.07) is 14.2. The minimum atomic E-state index is -0.0488. The Hall–Kier alpha value is -3.45. The first-order chi connectivity index (χ1) is 14.1. The summed E-state index contributed by atoms with van der Waals surface area (Å²) in [5.74, 6) is 0.458. The molecule has 29 heavy (non-hydrogen) atoms. The highest BCUT2D eigenvalue weighted by Gasteiger charge is 2.25. The normalized spacial score (nSPS) is 15.3. The van der Waals surface area contributed by atoms with Crippen LogP contribution in [0.15, 0.2) is 48.7 Å². The Bertz CT molecular complexity index is 1220. The van der Waals surface area contributed by atoms with E-state index in [-0.39, 0.29) is 11.9 Å². The van der Waals surface area contributed by atoms with Crippen LogP contribution in [0, 0.1) is 0 Å². The maximum atomic E-state index is 13.0. The Morgan fingerprint density at radius 2 is 1.76 bits per heavy atom. The van der Waals surface area contributed by atoms with Gasteiger partial charge in [0, 0.05) is 36.1 Å². The third kappa shape index (κ3) is 3.09. The summed E-state index contributed by atoms with van der Waals surface area (Å²) in [4.78, 5) is 19.0. The van der Waals surface area contributed by atoms with Crippen molar-refractivity contribution in [3.8, 4) is 11.1 Å². The van der Waals surface area contributed by atoms with Crippen LogP contribution >= 0.6 is 0 Å². The number of anilines is 1. The van der Waals surface area contributed by atoms with Gasteiger partial charge in [-0.3, -0.25) is 9.89 Å². The van der Waals surface area contributed by atoms with Gasteiger partial charge >= 0.3 is 0 Å². The summed E-state index contributed by atoms with van der Waals surface area (Å²) >= 11 is 0. The largest absolute Gasteiger partial charge is 0.383 e. The minimum Gasteiger partial charge on any atom is -0.383 e. The van der Waals surface area contributed by atoms with Crippen LogP contribution in [0.1, 0.15) is 23.3 Å². The van der Waals surface area contributed by atoms with Crippen molar-refractivity contribution in [3.05, 3.63) is 54.4 Å². The topological polar surface area (TPSA) is 114 Å². The number of rotatable bonds is 2. The average Bonchev–Trinajstić information content (AvgIpc) is 3.17. The molecule has 7 heteroatoms. The fourth-order valence-corrected chi connectivity index (χ4v) is 3.98. The van der Waals surface area contributed by atoms with Gasteiger partial charge in [0.05, 0.1) is 5.52 Å². The van der Waals surface area contributed by atoms with Gasteiger partial charge < -0.3 is 16.4 Å². The van der Waals surface area contributed by atoms with Crippen LogP contribution in [0.2, 0.25) is 0 Å². The summed E-state index contributed by atoms with van der Waals surface area (Å²) < 4.78 is 0. The van der Waals surface area contributed by atoms with Crippen LogP contribution in [-0.4, -0.2) is 45.1 Å². The van der Waals surface area contributed by atoms with E-state index in [1.165, 1.54) is 0 Å². The zero-order valence-electron chi connectivity index (χ0n) is 15.9. The molecule has 4 aromatic rings. The highest BCUT2D eigenvalue weighted by Crippen LogP contribution is 2.30. The molecule has 1 fully saturated rings. The molecule has 1 aliphatic heterocycles. The molecule has 0 spiro atoms. The van der Waals surface area contributed by atoms with Crippen molar-refractivity contribution >= 4 is 33.4 Å². The number of fused-ring (bicyclic) bond motifs is 2. The van der Waals surface area contributed by atoms with Gasteiger partial charge in [-0.05, 0) is 53.6 Å². The molecule has 146 valence electrons. The van der Waals surface area contributed by atoms with E-state index in [9.17, 15) is 4.79 Å². The molecule has 3 heterocycles. The number of hydrogen-bond donors (Lipinski definition) is 3. The zero-order chi connectivity index (χ0) is 20.0. The van der Waals surface area contributed by atoms with Crippen LogP contribution in [0.3, 0.4) is 0 Å². The standard InChI is InChI=1S/C22H22N6O/c23-16-6-9-28(10-7-16)22(29)20-18-12-15(3-4-19(18)26-27-20)14-2-1-13-5-8-25-21(24)17(13)11-14/h1-5,8,11-12,16H,6-7,9-10,23H2,(H2,24,25)(H,26,27). The number of benzene rings is 2. The monoisotopic (exact) mass is 386 g/mol. The molecule has 2 aromatic carbocycles. The highest BCUT2D eigenvalue weighted by atomic mass is 16.2. The first kappa shape index (κ1) is 17.6. The Balaban J connectivity index is 1.54. The Morgan fingerprint density at radius 3 is 2.55 bits per heavy atom. The number of carbonyl (C=O) groups is 1. The number of carbonyl (C=O) groups excluding carboxylic acids is 1. The number of pyridine rings is 1. The number of nitrogens with one attached hydrogen (secondary N) is 1. The molecular formula is C22H22N6O. The third-order valence-corrected chi connectivity index (χ3v) is 5.72. The van der Waals surface area contributed by atoms with Gasteiger partial charge in [0.2, 0.25) is 0 Å². The lowest BCUT2D eigenvalue weighted by atomic mass is 9.99. The van der Waals surface area contributed by atoms with E-state index in [0.717, 1.165) is 45.6 Å². The molecular weight excluding hydrogens is 364 g/mol. The van der Waals surface area contributed by atoms with Gasteiger partial charge in [-0.1, -0.05) is 18.2 Å². The van der Waals surface area contributed by atoms with Crippen LogP contribution in [0.5, 0.6) is 0 Å². The first-order valence-electron chi connectivity index (χ1n) is 9.78. The molecule has 1 aliphatic rings. The fraction of sp³-hybridized carbons (Fsp3) is 0.227. The maximum absolute atomic E-state index is 13.0. The molecule has 5 rings (SSSR count). The van der Waals surface area contributed by atoms with Crippen molar-refractivity contribution in [1.82, 2.24) is 20.1 Å². The number of hydrogen-bond acceptors (Lipinski definition) is 5. The van der Waals surface area contributed by atoms with Gasteiger partial charge in [-0.15, -0.1) is 0 Å². The van der Waals surface area contributed by atoms with E-state index in [2.05, 4.69) is 21.2 Å². The smallest absolute Gasteiger partial charge is 0.274 e. The molecule has 0 atom stereocenters. The lowest BCUT2D eigenvalue weighted by Gasteiger charge is -2.29. The van der Waals surface area contributed by atoms with Crippen molar-refractivity contribution in [2.45, 2.75) is 18.9 Å². The van der Waals surface area contributed by atoms with E-state index in [1.54, 1.807) is 6.20 Å². The molecule has 1 saturated heterocycles. The Labute approximate surface area is 167 Å². The number of aromatic nitrogens is 3. The SMILES string of the molecule is Nc1nccc2ccc(-c3ccc4[nH]nc(C(=O)N5CCC(N)CC5)c4c3)cc12. The summed E-state index contributed by atoms with van der Waals surface area (Å²) in [6.07, 6.45) is 3.36. The number of H-pyrrole nitrogens is 1. The van der Waals surface area contributed by atoms with E-state index < -0.39 is 0 Å². The predicted molar refractivity (Wildman–Crippen MR) is 114 cm³/mol. The van der Waals surface area contributed by atoms with E-state index in [4.69, 9.17) is 11.5 Å². The van der Waals surface area contributed by atoms with Gasteiger partial charge in [0.15, 0.2) is 5.69 Å². The molecule has 0 radical (unpaired) electrons. The number of piperidine rings is 1. The quantitative estimate of drug-likeness (QED) is 0.490. The number of nitrogens with zero attached hydrogens (tertiary/aromatic N) is 3. The number of nitrogen functional groups attached to an aromatic ring is 1. The zero-order valence-corrected chi connectivity index (χ0v) is 15.9. The maximum Gasteiger partial charge on any atom is 0.274 e. The van der Waals surface area contributed by atoms with Crippen molar-refractivity contribution in [1.29, 1.82) is 0 Å². The lowest BCUT2D eigenvalue weighted by Crippen LogP contribution is -2.43. The number of aromatic amines is 1. The lowest BCUT2D eigenvalue weighted by molar-refractivity contribution is 0.0710. The minimum absolute atomic E-state index is 0.0488. The fourth-order valence-electron chi connectivity index (χ4n) is 3.98. The summed E-state index contributed by atoms with van der Waals surface area (Å²) in [5.41, 5.74) is 15.3. The van der Waals surface area contributed by atoms with Gasteiger partial charge in [-0.2, -0.15) is 5.10 Å². The number of likely N-dealkylation sites (tertiary alicyclic amines) is 1. The number of nitrogens with two attached hydrogens (primary N) is 2. The van der Waals surface area contributed by atoms with Crippen molar-refractivity contribution in [2.24, 2.45) is 5.73 Å². The molecule has 0 aliphatic carbocycles. The number of amides is 1. The third-order valence-electron chi connectivity index (χ3n) is 5.72. The Morgan fingerprint density at radius 1 is 1.03 bits per heavy atom. The van der Waals surface area contributed by atoms with Gasteiger partial charge in [-0.25, -0.2) is 4.98 Å². The second kappa shape index (κ2) is 6.86. The Kier molecular flexibility index (Phi) is 4.17. The van der Waals surface area contributed by atoms with E-state index in [0.29, 0.717) is 24.6 Å². The van der Waals surface area contributed by atoms with Crippen LogP contribution in [0.25, 0.3) is 32.8 Å². The molecule has 7 nitrogen and oxygen atoms in total. The van der Waals surface area contributed by atoms with E-state index >= 15 is 0 Å². The second-order valence-corrected chi connectivity index (χ2v) is 7.59. The second-order valence-electron chi connectivity index (χ2n) is 7.59. The average molecular weight is 386 g/mol. The van der Waals surface area contributed by atoms with E-state index in [1.807, 2.05) is 41.3 Å². The van der Waals surface area contributed by atoms with Gasteiger partial charge in [0.1, 0.15) is 5.82 Å². The summed E-state index contributed by atoms with van der Waals surface area (Å²) in [7, 11) is 0. The molecule has 0 saturated carbocycles. The van der Waals surface area contributed by atoms with Crippen molar-refractivity contribution in [3.63, 3.8) is 0 Å². The van der Waals surface area contributed by atoms with Crippen molar-refractivity contribution in [2.75, 3.05) is 18.8 Å². The van der Waals surface area contributed by atoms with Crippen LogP contribution in [-0.2, 0) is 0 Å². The summed E-state index contributed by atoms with van der Waals surface area (Å²) in [5, 5.41) is 10.1. The van der Waals surface area contributed by atoms with Crippen molar-refractivity contribution < 1.29 is 4.79 Å². The molecule has 0 bridgehead atoms. The molecule has 5 N–H and O–H groups in total. The highest BCUT2D eigenvalue weighted by molar-refractivity contribution is 6.06. The predicted octanol–water partition coefficient (Wildman–Crippen LogP) is 2.92.